The molecule has 0 saturated carbocycles. The molecule has 0 fully saturated rings. The third-order valence-corrected chi connectivity index (χ3v) is 18.2. The van der Waals surface area contributed by atoms with Crippen LogP contribution in [0.1, 0.15) is 48.6 Å². The number of hydrogen-bond acceptors (Lipinski definition) is 3. The molecule has 1 spiro atoms. The molecule has 15 rings (SSSR count). The first-order valence-electron chi connectivity index (χ1n) is 26.5. The Kier molecular flexibility index (Phi) is 10.8. The van der Waals surface area contributed by atoms with Gasteiger partial charge < -0.3 is 0 Å². The van der Waals surface area contributed by atoms with Gasteiger partial charge in [-0.25, -0.2) is 0 Å². The molecule has 1 aliphatic heterocycles. The van der Waals surface area contributed by atoms with Gasteiger partial charge in [-0.05, 0) is 62.6 Å². The van der Waals surface area contributed by atoms with E-state index in [4.69, 9.17) is 9.72 Å². The number of imidazole rings is 1. The van der Waals surface area contributed by atoms with Gasteiger partial charge in [0.15, 0.2) is 0 Å². The van der Waals surface area contributed by atoms with Crippen molar-refractivity contribution in [2.45, 2.75) is 41.4 Å². The van der Waals surface area contributed by atoms with Crippen molar-refractivity contribution in [1.29, 1.82) is 0 Å². The zero-order valence-corrected chi connectivity index (χ0v) is 46.2. The summed E-state index contributed by atoms with van der Waals surface area (Å²) in [6, 6.07) is 88.3. The topological polar surface area (TPSA) is 36.9 Å². The first kappa shape index (κ1) is 46.7. The summed E-state index contributed by atoms with van der Waals surface area (Å²) in [4.78, 5) is 7.75. The molecule has 10 aromatic carbocycles. The molecular weight excluding hydrogens is 1150 g/mol. The summed E-state index contributed by atoms with van der Waals surface area (Å²) in [6.07, 6.45) is 1.97. The van der Waals surface area contributed by atoms with Gasteiger partial charge in [-0.2, -0.15) is 0 Å². The Labute approximate surface area is 468 Å². The number of ether oxygens (including phenoxy) is 1. The van der Waals surface area contributed by atoms with Crippen LogP contribution in [0.4, 0.5) is 0 Å². The predicted octanol–water partition coefficient (Wildman–Crippen LogP) is 18.2. The third kappa shape index (κ3) is 7.13. The number of aromatic nitrogens is 4. The number of benzene rings is 10. The maximum atomic E-state index is 7.05. The fraction of sp³-hybridized carbons (Fsp3) is 0.0704. The van der Waals surface area contributed by atoms with E-state index in [1.54, 1.807) is 0 Å². The second-order valence-electron chi connectivity index (χ2n) is 21.4. The van der Waals surface area contributed by atoms with Crippen LogP contribution in [0.2, 0.25) is 0 Å². The Hall–Kier alpha value is -8.54. The SMILES string of the molecule is CC(C)(C)c1ccnc(-n2c3cc(Oc4cccc(-n5[c](=[Pt])n(-c6c(-c7ccccc7)cccc6-c6ccccc6)c6ccccc65)c4)ccc3c3cc4c(cc32)C2(c3ccccc3Sc3ccccc32)c2ccccc2-4)c1. The van der Waals surface area contributed by atoms with Crippen LogP contribution in [0.3, 0.4) is 0 Å². The van der Waals surface area contributed by atoms with Gasteiger partial charge in [-0.1, -0.05) is 93.2 Å². The summed E-state index contributed by atoms with van der Waals surface area (Å²) >= 11 is 4.39. The normalized spacial score (nSPS) is 13.2. The van der Waals surface area contributed by atoms with Gasteiger partial charge in [0.25, 0.3) is 0 Å². The Morgan fingerprint density at radius 2 is 1.01 bits per heavy atom. The van der Waals surface area contributed by atoms with Crippen LogP contribution in [-0.4, -0.2) is 18.7 Å². The molecule has 0 saturated heterocycles. The number of fused-ring (bicyclic) bond motifs is 13. The van der Waals surface area contributed by atoms with Crippen molar-refractivity contribution < 1.29 is 24.1 Å². The van der Waals surface area contributed by atoms with E-state index in [-0.39, 0.29) is 5.41 Å². The fourth-order valence-corrected chi connectivity index (χ4v) is 14.8. The molecule has 0 radical (unpaired) electrons. The maximum absolute atomic E-state index is 7.05. The second-order valence-corrected chi connectivity index (χ2v) is 23.5. The number of hydrogen-bond donors (Lipinski definition) is 0. The van der Waals surface area contributed by atoms with Crippen LogP contribution in [0.15, 0.2) is 259 Å². The monoisotopic (exact) mass is 1200 g/mol. The van der Waals surface area contributed by atoms with Gasteiger partial charge in [-0.15, -0.1) is 0 Å². The van der Waals surface area contributed by atoms with Crippen molar-refractivity contribution in [3.05, 3.63) is 280 Å². The average Bonchev–Trinajstić information content (AvgIpc) is 4.10. The number of nitrogens with zero attached hydrogens (tertiary/aromatic N) is 4. The number of para-hydroxylation sites is 3. The summed E-state index contributed by atoms with van der Waals surface area (Å²) < 4.78 is 15.2. The van der Waals surface area contributed by atoms with Crippen LogP contribution in [0, 0.1) is 3.80 Å². The summed E-state index contributed by atoms with van der Waals surface area (Å²) in [5.41, 5.74) is 19.5. The van der Waals surface area contributed by atoms with Crippen molar-refractivity contribution in [3.63, 3.8) is 0 Å². The minimum Gasteiger partial charge on any atom is -0.0894 e. The van der Waals surface area contributed by atoms with Gasteiger partial charge in [-0.3, -0.25) is 0 Å². The van der Waals surface area contributed by atoms with Gasteiger partial charge in [0.1, 0.15) is 0 Å². The summed E-state index contributed by atoms with van der Waals surface area (Å²) in [5.74, 6) is 2.35. The molecule has 2 aliphatic rings. The Morgan fingerprint density at radius 3 is 1.71 bits per heavy atom. The van der Waals surface area contributed by atoms with Crippen molar-refractivity contribution in [2.75, 3.05) is 0 Å². The summed E-state index contributed by atoms with van der Waals surface area (Å²) in [6.45, 7) is 6.81. The molecular formula is C71H50N4OPtS. The Bertz CT molecular complexity index is 4540. The Morgan fingerprint density at radius 1 is 0.436 bits per heavy atom. The standard InChI is InChI=1S/C71H50N4OS.Pt/c1-70(2,3)48-38-39-72-68(40-48)75-64-42-51(36-37-55(64)57-43-56-54-26-10-11-29-58(54)71(61(56)44-65(57)75)59-30-12-16-34-66(59)77-67-35-17-13-31-60(67)71)76-50-25-18-24-49(41-50)73-45-74(63-33-15-14-32-62(63)73)69-52(46-20-6-4-7-21-46)27-19-28-53(69)47-22-8-5-9-23-47;/h4-44H,1-3H3;. The van der Waals surface area contributed by atoms with Crippen molar-refractivity contribution in [1.82, 2.24) is 18.7 Å². The molecule has 13 aromatic rings. The number of rotatable bonds is 7. The predicted molar refractivity (Wildman–Crippen MR) is 315 cm³/mol. The third-order valence-electron chi connectivity index (χ3n) is 16.0. The molecule has 5 nitrogen and oxygen atoms in total. The average molecular weight is 1200 g/mol. The number of pyridine rings is 1. The van der Waals surface area contributed by atoms with E-state index < -0.39 is 5.41 Å². The van der Waals surface area contributed by atoms with E-state index in [0.717, 1.165) is 82.2 Å². The molecule has 0 bridgehead atoms. The Balaban J connectivity index is 0.906. The zero-order valence-electron chi connectivity index (χ0n) is 43.1. The van der Waals surface area contributed by atoms with Gasteiger partial charge >= 0.3 is 294 Å². The second kappa shape index (κ2) is 18.0. The van der Waals surface area contributed by atoms with Crippen LogP contribution >= 0.6 is 11.8 Å². The molecule has 1 aliphatic carbocycles. The van der Waals surface area contributed by atoms with Crippen LogP contribution < -0.4 is 4.74 Å². The van der Waals surface area contributed by atoms with E-state index in [0.29, 0.717) is 0 Å². The van der Waals surface area contributed by atoms with E-state index in [2.05, 4.69) is 296 Å². The molecule has 0 unspecified atom stereocenters. The minimum atomic E-state index is -0.516. The first-order valence-corrected chi connectivity index (χ1v) is 28.5. The van der Waals surface area contributed by atoms with Gasteiger partial charge in [0.2, 0.25) is 0 Å². The minimum absolute atomic E-state index is 0.0898. The van der Waals surface area contributed by atoms with Crippen molar-refractivity contribution >= 4 is 44.6 Å². The smallest absolute Gasteiger partial charge is 0.0894 e. The zero-order chi connectivity index (χ0) is 52.3. The quantitative estimate of drug-likeness (QED) is 0.160. The van der Waals surface area contributed by atoms with E-state index >= 15 is 0 Å². The van der Waals surface area contributed by atoms with Crippen LogP contribution in [0.5, 0.6) is 11.5 Å². The molecule has 0 atom stereocenters. The molecule has 376 valence electrons. The van der Waals surface area contributed by atoms with Gasteiger partial charge in [0, 0.05) is 16.0 Å². The van der Waals surface area contributed by atoms with Crippen LogP contribution in [0.25, 0.3) is 83.4 Å². The molecule has 78 heavy (non-hydrogen) atoms. The van der Waals surface area contributed by atoms with Crippen molar-refractivity contribution in [2.24, 2.45) is 0 Å². The summed E-state index contributed by atoms with van der Waals surface area (Å²) in [5, 5.41) is 2.31. The molecule has 4 heterocycles. The molecule has 3 aromatic heterocycles. The molecule has 7 heteroatoms. The van der Waals surface area contributed by atoms with E-state index in [1.807, 2.05) is 18.0 Å². The van der Waals surface area contributed by atoms with E-state index in [9.17, 15) is 0 Å². The van der Waals surface area contributed by atoms with E-state index in [1.165, 1.54) is 54.1 Å². The fourth-order valence-electron chi connectivity index (χ4n) is 12.5. The molecule has 0 amide bonds. The van der Waals surface area contributed by atoms with Gasteiger partial charge in [0.05, 0.1) is 5.41 Å². The van der Waals surface area contributed by atoms with Crippen LogP contribution in [-0.2, 0) is 30.2 Å². The summed E-state index contributed by atoms with van der Waals surface area (Å²) in [7, 11) is 0. The van der Waals surface area contributed by atoms with Crippen molar-refractivity contribution in [3.8, 4) is 62.1 Å². The molecule has 0 N–H and O–H groups in total. The first-order chi connectivity index (χ1) is 38.2.